The van der Waals surface area contributed by atoms with E-state index in [1.54, 1.807) is 0 Å². The molecule has 0 radical (unpaired) electrons. The maximum atomic E-state index is 9.64. The van der Waals surface area contributed by atoms with Crippen molar-refractivity contribution in [3.63, 3.8) is 0 Å². The van der Waals surface area contributed by atoms with E-state index >= 15 is 0 Å². The number of hydrogen-bond donors (Lipinski definition) is 6. The maximum Gasteiger partial charge on any atom is 0.303 e. The predicted molar refractivity (Wildman–Crippen MR) is 85.6 cm³/mol. The standard InChI is InChI=1S/C6H16N2.2C4H6O4/c7-5-3-1-2-4-6-8;2*5-3(6)1-2-4(7)8/h1-8H2;2*1-2H2,(H,5,6)(H,7,8). The number of carboxylic acid groups (broad SMARTS) is 4. The van der Waals surface area contributed by atoms with Crippen molar-refractivity contribution in [1.82, 2.24) is 0 Å². The van der Waals surface area contributed by atoms with E-state index in [0.29, 0.717) is 0 Å². The van der Waals surface area contributed by atoms with Crippen LogP contribution in [-0.4, -0.2) is 57.4 Å². The second kappa shape index (κ2) is 20.8. The van der Waals surface area contributed by atoms with Gasteiger partial charge < -0.3 is 31.9 Å². The van der Waals surface area contributed by atoms with Gasteiger partial charge in [-0.2, -0.15) is 0 Å². The Morgan fingerprint density at radius 2 is 0.708 bits per heavy atom. The minimum atomic E-state index is -1.08. The molecule has 8 N–H and O–H groups in total. The molecule has 142 valence electrons. The molecule has 24 heavy (non-hydrogen) atoms. The van der Waals surface area contributed by atoms with Crippen LogP contribution in [0, 0.1) is 0 Å². The van der Waals surface area contributed by atoms with E-state index in [1.165, 1.54) is 12.8 Å². The summed E-state index contributed by atoms with van der Waals surface area (Å²) in [5.74, 6) is -4.31. The normalized spacial score (nSPS) is 8.92. The zero-order valence-electron chi connectivity index (χ0n) is 13.6. The van der Waals surface area contributed by atoms with Crippen LogP contribution in [0.15, 0.2) is 0 Å². The molecule has 0 rings (SSSR count). The highest BCUT2D eigenvalue weighted by atomic mass is 16.4. The summed E-state index contributed by atoms with van der Waals surface area (Å²) in [7, 11) is 0. The van der Waals surface area contributed by atoms with Crippen molar-refractivity contribution < 1.29 is 39.6 Å². The number of rotatable bonds is 11. The lowest BCUT2D eigenvalue weighted by Crippen LogP contribution is -2.00. The molecule has 10 heteroatoms. The van der Waals surface area contributed by atoms with Crippen LogP contribution >= 0.6 is 0 Å². The molecule has 0 aromatic carbocycles. The average molecular weight is 352 g/mol. The molecule has 0 aromatic rings. The molecule has 0 saturated heterocycles. The summed E-state index contributed by atoms with van der Waals surface area (Å²) in [5.41, 5.74) is 10.6. The molecule has 0 unspecified atom stereocenters. The van der Waals surface area contributed by atoms with Gasteiger partial charge in [0.1, 0.15) is 0 Å². The van der Waals surface area contributed by atoms with Crippen LogP contribution in [-0.2, 0) is 19.2 Å². The molecule has 0 bridgehead atoms. The quantitative estimate of drug-likeness (QED) is 0.281. The fourth-order valence-corrected chi connectivity index (χ4v) is 1.07. The molecule has 0 saturated carbocycles. The zero-order chi connectivity index (χ0) is 19.4. The fraction of sp³-hybridized carbons (Fsp3) is 0.714. The lowest BCUT2D eigenvalue weighted by Gasteiger charge is -1.94. The van der Waals surface area contributed by atoms with Gasteiger partial charge in [0.15, 0.2) is 0 Å². The van der Waals surface area contributed by atoms with Crippen molar-refractivity contribution in [3.05, 3.63) is 0 Å². The highest BCUT2D eigenvalue weighted by molar-refractivity contribution is 5.75. The zero-order valence-corrected chi connectivity index (χ0v) is 13.6. The number of unbranched alkanes of at least 4 members (excludes halogenated alkanes) is 3. The Kier molecular flexibility index (Phi) is 23.1. The van der Waals surface area contributed by atoms with Crippen LogP contribution in [0.4, 0.5) is 0 Å². The summed E-state index contributed by atoms with van der Waals surface area (Å²) in [6.07, 6.45) is 3.61. The first kappa shape index (κ1) is 26.7. The van der Waals surface area contributed by atoms with Gasteiger partial charge in [0, 0.05) is 0 Å². The van der Waals surface area contributed by atoms with Crippen LogP contribution in [0.25, 0.3) is 0 Å². The van der Waals surface area contributed by atoms with Crippen molar-refractivity contribution in [1.29, 1.82) is 0 Å². The highest BCUT2D eigenvalue weighted by Gasteiger charge is 2.01. The molecular weight excluding hydrogens is 324 g/mol. The van der Waals surface area contributed by atoms with Crippen molar-refractivity contribution in [2.75, 3.05) is 13.1 Å². The van der Waals surface area contributed by atoms with Crippen molar-refractivity contribution in [3.8, 4) is 0 Å². The van der Waals surface area contributed by atoms with Crippen LogP contribution in [0.2, 0.25) is 0 Å². The van der Waals surface area contributed by atoms with Gasteiger partial charge in [0.25, 0.3) is 0 Å². The SMILES string of the molecule is NCCCCCCN.O=C(O)CCC(=O)O.O=C(O)CCC(=O)O. The Bertz CT molecular complexity index is 299. The number of nitrogens with two attached hydrogens (primary N) is 2. The molecular formula is C14H28N2O8. The molecule has 0 heterocycles. The molecule has 0 fully saturated rings. The Morgan fingerprint density at radius 1 is 0.500 bits per heavy atom. The second-order valence-corrected chi connectivity index (χ2v) is 4.57. The van der Waals surface area contributed by atoms with Gasteiger partial charge >= 0.3 is 23.9 Å². The summed E-state index contributed by atoms with van der Waals surface area (Å²) < 4.78 is 0. The van der Waals surface area contributed by atoms with Crippen molar-refractivity contribution in [2.45, 2.75) is 51.4 Å². The highest BCUT2D eigenvalue weighted by Crippen LogP contribution is 1.95. The maximum absolute atomic E-state index is 9.64. The third-order valence-electron chi connectivity index (χ3n) is 2.26. The smallest absolute Gasteiger partial charge is 0.303 e. The minimum Gasteiger partial charge on any atom is -0.481 e. The molecule has 0 atom stereocenters. The van der Waals surface area contributed by atoms with Gasteiger partial charge in [-0.25, -0.2) is 0 Å². The van der Waals surface area contributed by atoms with Crippen LogP contribution in [0.5, 0.6) is 0 Å². The predicted octanol–water partition coefficient (Wildman–Crippen LogP) is 0.336. The van der Waals surface area contributed by atoms with Crippen LogP contribution in [0.3, 0.4) is 0 Å². The minimum absolute atomic E-state index is 0.296. The van der Waals surface area contributed by atoms with E-state index in [2.05, 4.69) is 0 Å². The van der Waals surface area contributed by atoms with Gasteiger partial charge in [-0.1, -0.05) is 12.8 Å². The molecule has 0 amide bonds. The molecule has 10 nitrogen and oxygen atoms in total. The Hall–Kier alpha value is -2.20. The molecule has 0 aliphatic rings. The van der Waals surface area contributed by atoms with Gasteiger partial charge in [-0.05, 0) is 25.9 Å². The van der Waals surface area contributed by atoms with Gasteiger partial charge in [-0.15, -0.1) is 0 Å². The van der Waals surface area contributed by atoms with E-state index in [0.717, 1.165) is 25.9 Å². The fourth-order valence-electron chi connectivity index (χ4n) is 1.07. The number of hydrogen-bond acceptors (Lipinski definition) is 6. The summed E-state index contributed by atoms with van der Waals surface area (Å²) >= 11 is 0. The van der Waals surface area contributed by atoms with Gasteiger partial charge in [0.05, 0.1) is 25.7 Å². The molecule has 0 aliphatic carbocycles. The Morgan fingerprint density at radius 3 is 0.833 bits per heavy atom. The van der Waals surface area contributed by atoms with E-state index < -0.39 is 23.9 Å². The lowest BCUT2D eigenvalue weighted by molar-refractivity contribution is -0.143. The second-order valence-electron chi connectivity index (χ2n) is 4.57. The summed E-state index contributed by atoms with van der Waals surface area (Å²) in [5, 5.41) is 31.6. The first-order valence-electron chi connectivity index (χ1n) is 7.44. The molecule has 0 spiro atoms. The number of carbonyl (C=O) groups is 4. The first-order valence-corrected chi connectivity index (χ1v) is 7.44. The van der Waals surface area contributed by atoms with Crippen molar-refractivity contribution in [2.24, 2.45) is 11.5 Å². The first-order chi connectivity index (χ1) is 11.2. The van der Waals surface area contributed by atoms with Crippen LogP contribution in [0.1, 0.15) is 51.4 Å². The molecule has 0 aromatic heterocycles. The largest absolute Gasteiger partial charge is 0.481 e. The number of carboxylic acids is 4. The number of aliphatic carboxylic acids is 4. The monoisotopic (exact) mass is 352 g/mol. The van der Waals surface area contributed by atoms with E-state index in [4.69, 9.17) is 31.9 Å². The summed E-state index contributed by atoms with van der Waals surface area (Å²) in [6, 6.07) is 0. The summed E-state index contributed by atoms with van der Waals surface area (Å²) in [4.78, 5) is 38.6. The van der Waals surface area contributed by atoms with Gasteiger partial charge in [-0.3, -0.25) is 19.2 Å². The van der Waals surface area contributed by atoms with Crippen LogP contribution < -0.4 is 11.5 Å². The third kappa shape index (κ3) is 42.7. The van der Waals surface area contributed by atoms with E-state index in [1.807, 2.05) is 0 Å². The topological polar surface area (TPSA) is 201 Å². The van der Waals surface area contributed by atoms with E-state index in [-0.39, 0.29) is 25.7 Å². The third-order valence-corrected chi connectivity index (χ3v) is 2.26. The molecule has 0 aliphatic heterocycles. The Balaban J connectivity index is -0.000000276. The van der Waals surface area contributed by atoms with Gasteiger partial charge in [0.2, 0.25) is 0 Å². The Labute approximate surface area is 140 Å². The summed E-state index contributed by atoms with van der Waals surface area (Å²) in [6.45, 7) is 1.65. The van der Waals surface area contributed by atoms with Crippen molar-refractivity contribution >= 4 is 23.9 Å². The average Bonchev–Trinajstić information content (AvgIpc) is 2.49. The lowest BCUT2D eigenvalue weighted by atomic mass is 10.2. The van der Waals surface area contributed by atoms with E-state index in [9.17, 15) is 19.2 Å².